The number of nitrogens with one attached hydrogen (secondary N) is 2. The molecule has 0 aliphatic carbocycles. The molecule has 0 amide bonds. The summed E-state index contributed by atoms with van der Waals surface area (Å²) >= 11 is 0. The molecule has 0 saturated heterocycles. The number of likely N-dealkylation sites (N-methyl/N-ethyl adjacent to an activating group) is 1. The lowest BCUT2D eigenvalue weighted by Crippen LogP contribution is -2.48. The fraction of sp³-hybridized carbons (Fsp3) is 0.545. The second-order valence-corrected chi connectivity index (χ2v) is 7.78. The van der Waals surface area contributed by atoms with E-state index >= 15 is 0 Å². The molecule has 2 aromatic rings. The van der Waals surface area contributed by atoms with Crippen molar-refractivity contribution in [3.8, 4) is 0 Å². The summed E-state index contributed by atoms with van der Waals surface area (Å²) in [5.74, 6) is 0.839. The van der Waals surface area contributed by atoms with Crippen LogP contribution in [0.15, 0.2) is 35.3 Å². The van der Waals surface area contributed by atoms with Gasteiger partial charge in [-0.3, -0.25) is 9.67 Å². The molecule has 2 rings (SSSR count). The zero-order valence-electron chi connectivity index (χ0n) is 18.9. The van der Waals surface area contributed by atoms with Crippen molar-refractivity contribution in [2.24, 2.45) is 12.0 Å². The van der Waals surface area contributed by atoms with Gasteiger partial charge in [0.25, 0.3) is 0 Å². The van der Waals surface area contributed by atoms with Crippen molar-refractivity contribution in [1.29, 1.82) is 0 Å². The Morgan fingerprint density at radius 1 is 1.17 bits per heavy atom. The zero-order chi connectivity index (χ0) is 20.7. The van der Waals surface area contributed by atoms with Crippen molar-refractivity contribution in [2.75, 3.05) is 27.7 Å². The lowest BCUT2D eigenvalue weighted by molar-refractivity contribution is 0.290. The van der Waals surface area contributed by atoms with Crippen molar-refractivity contribution in [3.05, 3.63) is 52.8 Å². The van der Waals surface area contributed by atoms with Gasteiger partial charge in [-0.15, -0.1) is 24.0 Å². The second kappa shape index (κ2) is 12.2. The van der Waals surface area contributed by atoms with Gasteiger partial charge in [-0.1, -0.05) is 30.3 Å². The van der Waals surface area contributed by atoms with E-state index in [1.54, 1.807) is 0 Å². The Morgan fingerprint density at radius 2 is 1.83 bits per heavy atom. The number of aryl methyl sites for hydroxylation is 2. The molecular formula is C22H37IN6. The van der Waals surface area contributed by atoms with Crippen LogP contribution < -0.4 is 10.6 Å². The van der Waals surface area contributed by atoms with E-state index in [0.717, 1.165) is 31.0 Å². The molecule has 2 N–H and O–H groups in total. The molecule has 29 heavy (non-hydrogen) atoms. The maximum atomic E-state index is 4.52. The van der Waals surface area contributed by atoms with Gasteiger partial charge in [-0.2, -0.15) is 5.10 Å². The standard InChI is InChI=1S/C22H36N6.HI/c1-16(13-21-17(2)26-28(7)18(21)3)25-22(23-4)24-15-20(27(5)6)14-19-11-9-8-10-12-19;/h8-12,16,20H,13-15H2,1-7H3,(H2,23,24,25);1H. The molecule has 2 atom stereocenters. The van der Waals surface area contributed by atoms with Crippen LogP contribution in [0.25, 0.3) is 0 Å². The molecule has 0 aliphatic rings. The quantitative estimate of drug-likeness (QED) is 0.325. The molecular weight excluding hydrogens is 475 g/mol. The van der Waals surface area contributed by atoms with Crippen molar-refractivity contribution >= 4 is 29.9 Å². The number of guanidine groups is 1. The van der Waals surface area contributed by atoms with E-state index in [-0.39, 0.29) is 30.0 Å². The Balaban J connectivity index is 0.00000420. The molecule has 6 nitrogen and oxygen atoms in total. The number of aliphatic imine (C=N–C) groups is 1. The topological polar surface area (TPSA) is 57.5 Å². The minimum absolute atomic E-state index is 0. The van der Waals surface area contributed by atoms with E-state index in [2.05, 4.69) is 90.8 Å². The third-order valence-electron chi connectivity index (χ3n) is 5.33. The van der Waals surface area contributed by atoms with E-state index in [1.165, 1.54) is 16.8 Å². The first-order chi connectivity index (χ1) is 13.3. The molecule has 1 aromatic carbocycles. The first-order valence-corrected chi connectivity index (χ1v) is 9.98. The molecule has 162 valence electrons. The van der Waals surface area contributed by atoms with Crippen molar-refractivity contribution in [2.45, 2.75) is 45.7 Å². The Morgan fingerprint density at radius 3 is 2.34 bits per heavy atom. The Labute approximate surface area is 193 Å². The van der Waals surface area contributed by atoms with E-state index in [0.29, 0.717) is 6.04 Å². The number of nitrogens with zero attached hydrogens (tertiary/aromatic N) is 4. The van der Waals surface area contributed by atoms with Crippen molar-refractivity contribution in [1.82, 2.24) is 25.3 Å². The molecule has 0 saturated carbocycles. The van der Waals surface area contributed by atoms with Gasteiger partial charge < -0.3 is 15.5 Å². The smallest absolute Gasteiger partial charge is 0.191 e. The molecule has 0 bridgehead atoms. The Bertz CT molecular complexity index is 769. The third kappa shape index (κ3) is 7.62. The van der Waals surface area contributed by atoms with Gasteiger partial charge in [-0.25, -0.2) is 0 Å². The van der Waals surface area contributed by atoms with Crippen LogP contribution >= 0.6 is 24.0 Å². The minimum atomic E-state index is 0. The molecule has 0 aliphatic heterocycles. The number of rotatable bonds is 8. The molecule has 7 heteroatoms. The fourth-order valence-electron chi connectivity index (χ4n) is 3.44. The molecule has 0 spiro atoms. The van der Waals surface area contributed by atoms with Gasteiger partial charge in [0.15, 0.2) is 5.96 Å². The van der Waals surface area contributed by atoms with Crippen molar-refractivity contribution in [3.63, 3.8) is 0 Å². The minimum Gasteiger partial charge on any atom is -0.355 e. The Kier molecular flexibility index (Phi) is 10.7. The highest BCUT2D eigenvalue weighted by atomic mass is 127. The average molecular weight is 512 g/mol. The number of hydrogen-bond donors (Lipinski definition) is 2. The maximum absolute atomic E-state index is 4.52. The highest BCUT2D eigenvalue weighted by Gasteiger charge is 2.16. The van der Waals surface area contributed by atoms with Crippen LogP contribution in [0.5, 0.6) is 0 Å². The lowest BCUT2D eigenvalue weighted by Gasteiger charge is -2.26. The van der Waals surface area contributed by atoms with Gasteiger partial charge in [-0.05, 0) is 58.8 Å². The normalized spacial score (nSPS) is 13.7. The largest absolute Gasteiger partial charge is 0.355 e. The molecule has 1 aromatic heterocycles. The summed E-state index contributed by atoms with van der Waals surface area (Å²) in [5.41, 5.74) is 4.99. The predicted octanol–water partition coefficient (Wildman–Crippen LogP) is 2.92. The lowest BCUT2D eigenvalue weighted by atomic mass is 10.0. The van der Waals surface area contributed by atoms with E-state index in [4.69, 9.17) is 0 Å². The summed E-state index contributed by atoms with van der Waals surface area (Å²) in [5, 5.41) is 11.5. The van der Waals surface area contributed by atoms with Crippen LogP contribution in [0, 0.1) is 13.8 Å². The fourth-order valence-corrected chi connectivity index (χ4v) is 3.44. The third-order valence-corrected chi connectivity index (χ3v) is 5.33. The first-order valence-electron chi connectivity index (χ1n) is 9.98. The van der Waals surface area contributed by atoms with Crippen LogP contribution in [0.1, 0.15) is 29.4 Å². The van der Waals surface area contributed by atoms with E-state index in [9.17, 15) is 0 Å². The van der Waals surface area contributed by atoms with Gasteiger partial charge in [0.1, 0.15) is 0 Å². The zero-order valence-corrected chi connectivity index (χ0v) is 21.2. The van der Waals surface area contributed by atoms with E-state index in [1.807, 2.05) is 18.8 Å². The SMILES string of the molecule is CN=C(NCC(Cc1ccccc1)N(C)C)NC(C)Cc1c(C)nn(C)c1C.I. The summed E-state index contributed by atoms with van der Waals surface area (Å²) in [6.45, 7) is 7.22. The maximum Gasteiger partial charge on any atom is 0.191 e. The summed E-state index contributed by atoms with van der Waals surface area (Å²) in [6.07, 6.45) is 1.93. The summed E-state index contributed by atoms with van der Waals surface area (Å²) in [4.78, 5) is 6.68. The average Bonchev–Trinajstić information content (AvgIpc) is 2.90. The number of benzene rings is 1. The van der Waals surface area contributed by atoms with Crippen molar-refractivity contribution < 1.29 is 0 Å². The summed E-state index contributed by atoms with van der Waals surface area (Å²) in [7, 11) is 8.08. The second-order valence-electron chi connectivity index (χ2n) is 7.78. The predicted molar refractivity (Wildman–Crippen MR) is 133 cm³/mol. The van der Waals surface area contributed by atoms with Gasteiger partial charge >= 0.3 is 0 Å². The first kappa shape index (κ1) is 25.4. The van der Waals surface area contributed by atoms with Gasteiger partial charge in [0, 0.05) is 38.4 Å². The van der Waals surface area contributed by atoms with E-state index < -0.39 is 0 Å². The van der Waals surface area contributed by atoms with Gasteiger partial charge in [0.2, 0.25) is 0 Å². The number of halogens is 1. The number of hydrogen-bond acceptors (Lipinski definition) is 3. The van der Waals surface area contributed by atoms with Crippen LogP contribution in [0.4, 0.5) is 0 Å². The molecule has 0 fully saturated rings. The number of aromatic nitrogens is 2. The molecule has 0 radical (unpaired) electrons. The van der Waals surface area contributed by atoms with Crippen LogP contribution in [-0.4, -0.2) is 60.4 Å². The highest BCUT2D eigenvalue weighted by Crippen LogP contribution is 2.14. The van der Waals surface area contributed by atoms with Crippen LogP contribution in [-0.2, 0) is 19.9 Å². The monoisotopic (exact) mass is 512 g/mol. The Hall–Kier alpha value is -1.61. The van der Waals surface area contributed by atoms with Gasteiger partial charge in [0.05, 0.1) is 5.69 Å². The van der Waals surface area contributed by atoms with Crippen LogP contribution in [0.2, 0.25) is 0 Å². The van der Waals surface area contributed by atoms with Crippen LogP contribution in [0.3, 0.4) is 0 Å². The highest BCUT2D eigenvalue weighted by molar-refractivity contribution is 14.0. The summed E-state index contributed by atoms with van der Waals surface area (Å²) < 4.78 is 1.95. The molecule has 1 heterocycles. The molecule has 2 unspecified atom stereocenters. The summed E-state index contributed by atoms with van der Waals surface area (Å²) in [6, 6.07) is 11.3.